The van der Waals surface area contributed by atoms with Gasteiger partial charge in [0.1, 0.15) is 5.76 Å². The van der Waals surface area contributed by atoms with Crippen LogP contribution in [-0.4, -0.2) is 43.0 Å². The molecule has 1 atom stereocenters. The van der Waals surface area contributed by atoms with Crippen molar-refractivity contribution < 1.29 is 33.3 Å². The summed E-state index contributed by atoms with van der Waals surface area (Å²) in [7, 11) is 3.16. The van der Waals surface area contributed by atoms with Crippen LogP contribution in [0.1, 0.15) is 28.1 Å². The number of aromatic nitrogens is 1. The SMILES string of the molecule is COc1ccc(CCOC(c2ccccc2)(c2ccccc2)C(Oc2nc(C)c(C)o2)C(=O)O)cc1OC. The summed E-state index contributed by atoms with van der Waals surface area (Å²) in [6.07, 6.45) is -1.17. The predicted octanol–water partition coefficient (Wildman–Crippen LogP) is 5.34. The molecule has 198 valence electrons. The van der Waals surface area contributed by atoms with Gasteiger partial charge in [0.2, 0.25) is 6.10 Å². The number of ether oxygens (including phenoxy) is 4. The number of nitrogens with zero attached hydrogens (tertiary/aromatic N) is 1. The van der Waals surface area contributed by atoms with E-state index in [0.29, 0.717) is 40.5 Å². The lowest BCUT2D eigenvalue weighted by Gasteiger charge is -2.38. The summed E-state index contributed by atoms with van der Waals surface area (Å²) in [4.78, 5) is 17.1. The zero-order valence-corrected chi connectivity index (χ0v) is 21.8. The number of aliphatic carboxylic acids is 1. The van der Waals surface area contributed by atoms with Gasteiger partial charge in [-0.05, 0) is 49.1 Å². The summed E-state index contributed by atoms with van der Waals surface area (Å²) in [5.74, 6) is 0.542. The molecule has 1 N–H and O–H groups in total. The Hall–Kier alpha value is -4.30. The molecule has 0 amide bonds. The minimum atomic E-state index is -1.53. The Bertz CT molecular complexity index is 1290. The summed E-state index contributed by atoms with van der Waals surface area (Å²) >= 11 is 0. The fraction of sp³-hybridized carbons (Fsp3) is 0.267. The van der Waals surface area contributed by atoms with E-state index < -0.39 is 17.7 Å². The summed E-state index contributed by atoms with van der Waals surface area (Å²) in [5.41, 5.74) is 1.26. The van der Waals surface area contributed by atoms with Gasteiger partial charge in [0.25, 0.3) is 0 Å². The topological polar surface area (TPSA) is 100 Å². The van der Waals surface area contributed by atoms with Crippen LogP contribution < -0.4 is 14.2 Å². The number of carboxylic acid groups (broad SMARTS) is 1. The molecule has 0 aliphatic rings. The number of oxazole rings is 1. The second kappa shape index (κ2) is 11.8. The predicted molar refractivity (Wildman–Crippen MR) is 141 cm³/mol. The number of aryl methyl sites for hydroxylation is 2. The molecule has 8 nitrogen and oxygen atoms in total. The lowest BCUT2D eigenvalue weighted by atomic mass is 9.81. The van der Waals surface area contributed by atoms with Crippen molar-refractivity contribution in [2.24, 2.45) is 0 Å². The number of hydrogen-bond acceptors (Lipinski definition) is 7. The number of rotatable bonds is 12. The molecule has 1 unspecified atom stereocenters. The zero-order valence-electron chi connectivity index (χ0n) is 21.8. The average Bonchev–Trinajstić information content (AvgIpc) is 3.27. The largest absolute Gasteiger partial charge is 0.493 e. The van der Waals surface area contributed by atoms with Crippen molar-refractivity contribution in [2.75, 3.05) is 20.8 Å². The van der Waals surface area contributed by atoms with Crippen molar-refractivity contribution in [3.05, 3.63) is 107 Å². The molecule has 0 fully saturated rings. The molecule has 0 spiro atoms. The third-order valence-corrected chi connectivity index (χ3v) is 6.39. The number of carbonyl (C=O) groups is 1. The highest BCUT2D eigenvalue weighted by Crippen LogP contribution is 2.40. The smallest absolute Gasteiger partial charge is 0.394 e. The van der Waals surface area contributed by atoms with Crippen LogP contribution in [0.15, 0.2) is 83.3 Å². The highest BCUT2D eigenvalue weighted by molar-refractivity contribution is 5.76. The van der Waals surface area contributed by atoms with E-state index in [-0.39, 0.29) is 12.7 Å². The molecule has 0 saturated carbocycles. The van der Waals surface area contributed by atoms with Crippen LogP contribution in [0.3, 0.4) is 0 Å². The molecule has 4 aromatic rings. The maximum atomic E-state index is 12.9. The van der Waals surface area contributed by atoms with Crippen molar-refractivity contribution in [3.63, 3.8) is 0 Å². The first-order chi connectivity index (χ1) is 18.4. The molecule has 1 aromatic heterocycles. The molecule has 0 saturated heterocycles. The Labute approximate surface area is 221 Å². The molecule has 8 heteroatoms. The molecule has 1 heterocycles. The van der Waals surface area contributed by atoms with Crippen LogP contribution >= 0.6 is 0 Å². The minimum Gasteiger partial charge on any atom is -0.493 e. The minimum absolute atomic E-state index is 0.132. The highest BCUT2D eigenvalue weighted by Gasteiger charge is 2.50. The summed E-state index contributed by atoms with van der Waals surface area (Å²) < 4.78 is 29.0. The molecular formula is C30H31NO7. The van der Waals surface area contributed by atoms with Gasteiger partial charge in [0.05, 0.1) is 26.5 Å². The third kappa shape index (κ3) is 5.50. The van der Waals surface area contributed by atoms with Crippen LogP contribution in [0.2, 0.25) is 0 Å². The summed E-state index contributed by atoms with van der Waals surface area (Å²) in [6, 6.07) is 24.0. The van der Waals surface area contributed by atoms with Crippen LogP contribution in [0.5, 0.6) is 17.6 Å². The first-order valence-electron chi connectivity index (χ1n) is 12.2. The monoisotopic (exact) mass is 517 g/mol. The third-order valence-electron chi connectivity index (χ3n) is 6.39. The Morgan fingerprint density at radius 2 is 1.53 bits per heavy atom. The van der Waals surface area contributed by atoms with Crippen LogP contribution in [0.25, 0.3) is 0 Å². The van der Waals surface area contributed by atoms with Gasteiger partial charge in [-0.15, -0.1) is 0 Å². The molecular weight excluding hydrogens is 486 g/mol. The van der Waals surface area contributed by atoms with E-state index in [4.69, 9.17) is 23.4 Å². The van der Waals surface area contributed by atoms with Gasteiger partial charge in [-0.1, -0.05) is 66.7 Å². The van der Waals surface area contributed by atoms with E-state index in [1.807, 2.05) is 78.9 Å². The summed E-state index contributed by atoms with van der Waals surface area (Å²) in [6.45, 7) is 3.69. The van der Waals surface area contributed by atoms with Gasteiger partial charge in [-0.3, -0.25) is 0 Å². The van der Waals surface area contributed by atoms with Crippen molar-refractivity contribution in [1.82, 2.24) is 4.98 Å². The molecule has 4 rings (SSSR count). The van der Waals surface area contributed by atoms with Gasteiger partial charge in [0, 0.05) is 0 Å². The van der Waals surface area contributed by atoms with Crippen molar-refractivity contribution in [2.45, 2.75) is 32.0 Å². The lowest BCUT2D eigenvalue weighted by molar-refractivity contribution is -0.165. The van der Waals surface area contributed by atoms with Crippen molar-refractivity contribution in [3.8, 4) is 17.6 Å². The fourth-order valence-corrected chi connectivity index (χ4v) is 4.35. The second-order valence-corrected chi connectivity index (χ2v) is 8.71. The average molecular weight is 518 g/mol. The van der Waals surface area contributed by atoms with E-state index in [0.717, 1.165) is 5.56 Å². The zero-order chi connectivity index (χ0) is 27.1. The quantitative estimate of drug-likeness (QED) is 0.269. The van der Waals surface area contributed by atoms with E-state index in [9.17, 15) is 9.90 Å². The van der Waals surface area contributed by atoms with E-state index in [1.54, 1.807) is 28.1 Å². The van der Waals surface area contributed by atoms with E-state index in [1.165, 1.54) is 0 Å². The Kier molecular flexibility index (Phi) is 8.33. The van der Waals surface area contributed by atoms with Gasteiger partial charge in [0.15, 0.2) is 17.1 Å². The highest BCUT2D eigenvalue weighted by atomic mass is 16.6. The molecule has 0 aliphatic heterocycles. The fourth-order valence-electron chi connectivity index (χ4n) is 4.35. The van der Waals surface area contributed by atoms with Crippen LogP contribution in [0.4, 0.5) is 0 Å². The Balaban J connectivity index is 1.78. The molecule has 0 bridgehead atoms. The Morgan fingerprint density at radius 3 is 2.03 bits per heavy atom. The lowest BCUT2D eigenvalue weighted by Crippen LogP contribution is -2.51. The van der Waals surface area contributed by atoms with Gasteiger partial charge in [-0.2, -0.15) is 4.98 Å². The van der Waals surface area contributed by atoms with E-state index in [2.05, 4.69) is 4.98 Å². The van der Waals surface area contributed by atoms with Gasteiger partial charge < -0.3 is 28.5 Å². The van der Waals surface area contributed by atoms with Crippen molar-refractivity contribution in [1.29, 1.82) is 0 Å². The van der Waals surface area contributed by atoms with E-state index >= 15 is 0 Å². The molecule has 0 aliphatic carbocycles. The number of carboxylic acids is 1. The van der Waals surface area contributed by atoms with Crippen molar-refractivity contribution >= 4 is 5.97 Å². The second-order valence-electron chi connectivity index (χ2n) is 8.71. The van der Waals surface area contributed by atoms with Gasteiger partial charge in [-0.25, -0.2) is 4.79 Å². The maximum Gasteiger partial charge on any atom is 0.394 e. The molecule has 38 heavy (non-hydrogen) atoms. The summed E-state index contributed by atoms with van der Waals surface area (Å²) in [5, 5.41) is 10.5. The van der Waals surface area contributed by atoms with Crippen LogP contribution in [-0.2, 0) is 21.6 Å². The van der Waals surface area contributed by atoms with Gasteiger partial charge >= 0.3 is 12.0 Å². The first-order valence-corrected chi connectivity index (χ1v) is 12.2. The maximum absolute atomic E-state index is 12.9. The number of benzene rings is 3. The van der Waals surface area contributed by atoms with Crippen LogP contribution in [0, 0.1) is 13.8 Å². The molecule has 0 radical (unpaired) electrons. The normalized spacial score (nSPS) is 12.1. The standard InChI is InChI=1S/C30H31NO7/c1-20-21(2)37-29(31-20)38-27(28(32)33)30(23-11-7-5-8-12-23,24-13-9-6-10-14-24)36-18-17-22-15-16-25(34-3)26(19-22)35-4/h5-16,19,27H,17-18H2,1-4H3,(H,32,33). The number of methoxy groups -OCH3 is 2. The number of hydrogen-bond donors (Lipinski definition) is 1. The molecule has 3 aromatic carbocycles. The first kappa shape index (κ1) is 26.8. The Morgan fingerprint density at radius 1 is 0.921 bits per heavy atom.